The quantitative estimate of drug-likeness (QED) is 0.0424. The molecule has 1 amide bonds. The Balaban J connectivity index is 3.97. The number of carboxylic acid groups (broad SMARTS) is 1. The first-order chi connectivity index (χ1) is 25.4. The number of carboxylic acids is 1. The fraction of sp³-hybridized carbons (Fsp3) is 0.933. The van der Waals surface area contributed by atoms with E-state index in [0.717, 1.165) is 64.2 Å². The first kappa shape index (κ1) is 50.4. The van der Waals surface area contributed by atoms with Gasteiger partial charge in [0.05, 0.1) is 0 Å². The normalized spacial score (nSPS) is 12.5. The van der Waals surface area contributed by atoms with Crippen LogP contribution in [0.25, 0.3) is 0 Å². The second-order valence-electron chi connectivity index (χ2n) is 15.8. The number of aliphatic carboxylic acids is 1. The zero-order valence-electron chi connectivity index (χ0n) is 34.7. The average molecular weight is 737 g/mol. The molecule has 52 heavy (non-hydrogen) atoms. The number of esters is 1. The molecule has 0 aliphatic carbocycles. The fourth-order valence-electron chi connectivity index (χ4n) is 7.22. The van der Waals surface area contributed by atoms with Gasteiger partial charge in [-0.15, -0.1) is 0 Å². The Hall–Kier alpha value is -1.63. The van der Waals surface area contributed by atoms with Crippen LogP contribution in [-0.2, 0) is 19.1 Å². The number of nitrogens with two attached hydrogens (primary N) is 1. The molecule has 0 saturated heterocycles. The second-order valence-corrected chi connectivity index (χ2v) is 15.8. The van der Waals surface area contributed by atoms with E-state index in [2.05, 4.69) is 19.2 Å². The topological polar surface area (TPSA) is 119 Å². The van der Waals surface area contributed by atoms with E-state index in [-0.39, 0.29) is 18.0 Å². The van der Waals surface area contributed by atoms with Crippen LogP contribution in [-0.4, -0.2) is 41.6 Å². The van der Waals surface area contributed by atoms with E-state index in [1.807, 2.05) is 0 Å². The lowest BCUT2D eigenvalue weighted by Gasteiger charge is -2.18. The van der Waals surface area contributed by atoms with Crippen molar-refractivity contribution in [3.8, 4) is 0 Å². The predicted molar refractivity (Wildman–Crippen MR) is 221 cm³/mol. The average Bonchev–Trinajstić information content (AvgIpc) is 3.13. The van der Waals surface area contributed by atoms with Crippen molar-refractivity contribution in [2.75, 3.05) is 6.54 Å². The lowest BCUT2D eigenvalue weighted by Crippen LogP contribution is -2.40. The summed E-state index contributed by atoms with van der Waals surface area (Å²) in [4.78, 5) is 36.2. The fourth-order valence-corrected chi connectivity index (χ4v) is 7.22. The van der Waals surface area contributed by atoms with Gasteiger partial charge in [0, 0.05) is 12.8 Å². The van der Waals surface area contributed by atoms with Gasteiger partial charge in [-0.2, -0.15) is 0 Å². The minimum absolute atomic E-state index is 0.0180. The Morgan fingerprint density at radius 1 is 0.481 bits per heavy atom. The van der Waals surface area contributed by atoms with Crippen LogP contribution in [0, 0.1) is 0 Å². The molecular weight excluding hydrogens is 649 g/mol. The highest BCUT2D eigenvalue weighted by Crippen LogP contribution is 2.19. The number of carbonyl (C=O) groups is 3. The lowest BCUT2D eigenvalue weighted by molar-refractivity contribution is -0.150. The molecule has 0 aromatic carbocycles. The molecule has 0 bridgehead atoms. The molecule has 308 valence electrons. The van der Waals surface area contributed by atoms with Crippen molar-refractivity contribution in [3.05, 3.63) is 0 Å². The Labute approximate surface area is 322 Å². The Morgan fingerprint density at radius 3 is 1.19 bits per heavy atom. The third kappa shape index (κ3) is 36.7. The highest BCUT2D eigenvalue weighted by molar-refractivity contribution is 5.83. The van der Waals surface area contributed by atoms with E-state index >= 15 is 0 Å². The van der Waals surface area contributed by atoms with E-state index in [0.29, 0.717) is 32.2 Å². The van der Waals surface area contributed by atoms with Gasteiger partial charge in [-0.05, 0) is 57.9 Å². The molecule has 2 atom stereocenters. The van der Waals surface area contributed by atoms with E-state index in [4.69, 9.17) is 10.5 Å². The molecule has 0 rings (SSSR count). The summed E-state index contributed by atoms with van der Waals surface area (Å²) in [7, 11) is 0. The van der Waals surface area contributed by atoms with Crippen molar-refractivity contribution < 1.29 is 24.2 Å². The van der Waals surface area contributed by atoms with Crippen molar-refractivity contribution in [3.63, 3.8) is 0 Å². The minimum Gasteiger partial charge on any atom is -0.480 e. The lowest BCUT2D eigenvalue weighted by atomic mass is 10.0. The van der Waals surface area contributed by atoms with Crippen LogP contribution >= 0.6 is 0 Å². The Kier molecular flexibility index (Phi) is 39.3. The predicted octanol–water partition coefficient (Wildman–Crippen LogP) is 12.9. The van der Waals surface area contributed by atoms with Crippen LogP contribution < -0.4 is 11.1 Å². The number of hydrogen-bond donors (Lipinski definition) is 3. The maximum Gasteiger partial charge on any atom is 0.326 e. The molecule has 2 unspecified atom stereocenters. The van der Waals surface area contributed by atoms with Gasteiger partial charge >= 0.3 is 11.9 Å². The number of unbranched alkanes of at least 4 members (excludes halogenated alkanes) is 28. The number of amides is 1. The van der Waals surface area contributed by atoms with Crippen molar-refractivity contribution in [2.45, 2.75) is 264 Å². The van der Waals surface area contributed by atoms with Gasteiger partial charge in [0.15, 0.2) is 0 Å². The number of carbonyl (C=O) groups excluding carboxylic acids is 2. The number of nitrogens with one attached hydrogen (secondary N) is 1. The van der Waals surface area contributed by atoms with Gasteiger partial charge in [0.25, 0.3) is 0 Å². The van der Waals surface area contributed by atoms with E-state index in [9.17, 15) is 19.5 Å². The van der Waals surface area contributed by atoms with Gasteiger partial charge in [-0.3, -0.25) is 9.59 Å². The summed E-state index contributed by atoms with van der Waals surface area (Å²) in [6.07, 6.45) is 43.1. The van der Waals surface area contributed by atoms with Crippen molar-refractivity contribution >= 4 is 17.8 Å². The molecule has 0 saturated carbocycles. The molecule has 7 nitrogen and oxygen atoms in total. The van der Waals surface area contributed by atoms with Crippen molar-refractivity contribution in [1.29, 1.82) is 0 Å². The summed E-state index contributed by atoms with van der Waals surface area (Å²) in [5.41, 5.74) is 5.48. The summed E-state index contributed by atoms with van der Waals surface area (Å²) in [6.45, 7) is 4.95. The SMILES string of the molecule is CCCCCCCCCCCCCCCCCCCCCCC(=O)OC(CCCCCCCC)CCCCCCCC(=O)NC(CCCN)C(=O)O. The van der Waals surface area contributed by atoms with Gasteiger partial charge in [-0.1, -0.05) is 187 Å². The summed E-state index contributed by atoms with van der Waals surface area (Å²) in [5.74, 6) is -1.22. The molecule has 7 heteroatoms. The van der Waals surface area contributed by atoms with Crippen LogP contribution in [0.1, 0.15) is 251 Å². The molecular formula is C45H88N2O5. The molecule has 0 aliphatic rings. The first-order valence-corrected chi connectivity index (χ1v) is 22.9. The van der Waals surface area contributed by atoms with Crippen LogP contribution in [0.4, 0.5) is 0 Å². The van der Waals surface area contributed by atoms with E-state index in [1.165, 1.54) is 148 Å². The largest absolute Gasteiger partial charge is 0.480 e. The third-order valence-electron chi connectivity index (χ3n) is 10.7. The highest BCUT2D eigenvalue weighted by Gasteiger charge is 2.19. The molecule has 0 aliphatic heterocycles. The molecule has 4 N–H and O–H groups in total. The Bertz CT molecular complexity index is 792. The van der Waals surface area contributed by atoms with E-state index < -0.39 is 12.0 Å². The second kappa shape index (κ2) is 40.6. The van der Waals surface area contributed by atoms with Crippen LogP contribution in [0.2, 0.25) is 0 Å². The Morgan fingerprint density at radius 2 is 0.827 bits per heavy atom. The van der Waals surface area contributed by atoms with Gasteiger partial charge in [0.2, 0.25) is 5.91 Å². The first-order valence-electron chi connectivity index (χ1n) is 22.9. The molecule has 0 spiro atoms. The monoisotopic (exact) mass is 737 g/mol. The maximum absolute atomic E-state index is 12.7. The van der Waals surface area contributed by atoms with Gasteiger partial charge in [0.1, 0.15) is 12.1 Å². The number of ether oxygens (including phenoxy) is 1. The zero-order valence-corrected chi connectivity index (χ0v) is 34.7. The summed E-state index contributed by atoms with van der Waals surface area (Å²) in [5, 5.41) is 11.9. The van der Waals surface area contributed by atoms with Crippen LogP contribution in [0.3, 0.4) is 0 Å². The summed E-state index contributed by atoms with van der Waals surface area (Å²) >= 11 is 0. The van der Waals surface area contributed by atoms with Crippen molar-refractivity contribution in [2.24, 2.45) is 5.73 Å². The third-order valence-corrected chi connectivity index (χ3v) is 10.7. The van der Waals surface area contributed by atoms with Crippen molar-refractivity contribution in [1.82, 2.24) is 5.32 Å². The zero-order chi connectivity index (χ0) is 38.2. The smallest absolute Gasteiger partial charge is 0.326 e. The van der Waals surface area contributed by atoms with E-state index in [1.54, 1.807) is 0 Å². The standard InChI is InChI=1S/C45H88N2O5/c1-3-5-7-9-11-12-13-14-15-16-17-18-19-20-21-22-23-24-29-33-39-44(49)52-41(35-30-26-10-8-6-4-2)36-31-27-25-28-32-38-43(48)47-42(45(50)51)37-34-40-46/h41-42H,3-40,46H2,1-2H3,(H,47,48)(H,50,51). The summed E-state index contributed by atoms with van der Waals surface area (Å²) < 4.78 is 6.01. The number of hydrogen-bond acceptors (Lipinski definition) is 5. The molecule has 0 radical (unpaired) electrons. The molecule has 0 aromatic rings. The number of rotatable bonds is 42. The van der Waals surface area contributed by atoms with Gasteiger partial charge in [-0.25, -0.2) is 4.79 Å². The molecule has 0 aromatic heterocycles. The van der Waals surface area contributed by atoms with Crippen LogP contribution in [0.15, 0.2) is 0 Å². The highest BCUT2D eigenvalue weighted by atomic mass is 16.5. The summed E-state index contributed by atoms with van der Waals surface area (Å²) in [6, 6.07) is -0.851. The van der Waals surface area contributed by atoms with Gasteiger partial charge < -0.3 is 20.9 Å². The maximum atomic E-state index is 12.7. The molecule has 0 fully saturated rings. The minimum atomic E-state index is -1.00. The molecule has 0 heterocycles. The van der Waals surface area contributed by atoms with Crippen LogP contribution in [0.5, 0.6) is 0 Å².